The summed E-state index contributed by atoms with van der Waals surface area (Å²) >= 11 is 6.10. The second-order valence-corrected chi connectivity index (χ2v) is 9.39. The van der Waals surface area contributed by atoms with Crippen molar-refractivity contribution in [2.45, 2.75) is 25.5 Å². The minimum atomic E-state index is -0.693. The van der Waals surface area contributed by atoms with Crippen LogP contribution in [0.25, 0.3) is 5.76 Å². The maximum Gasteiger partial charge on any atom is 0.295 e. The van der Waals surface area contributed by atoms with E-state index in [2.05, 4.69) is 4.90 Å². The van der Waals surface area contributed by atoms with Crippen molar-refractivity contribution in [3.63, 3.8) is 0 Å². The number of likely N-dealkylation sites (tertiary alicyclic amines) is 1. The quantitative estimate of drug-likeness (QED) is 0.399. The van der Waals surface area contributed by atoms with E-state index in [0.717, 1.165) is 36.4 Å². The van der Waals surface area contributed by atoms with Crippen LogP contribution in [0.1, 0.15) is 29.7 Å². The molecular weight excluding hydrogens is 456 g/mol. The Bertz CT molecular complexity index is 1140. The summed E-state index contributed by atoms with van der Waals surface area (Å²) < 4.78 is 11.2. The number of aliphatic hydroxyl groups is 1. The second kappa shape index (κ2) is 9.41. The van der Waals surface area contributed by atoms with Crippen LogP contribution in [-0.2, 0) is 20.7 Å². The zero-order valence-corrected chi connectivity index (χ0v) is 19.8. The van der Waals surface area contributed by atoms with Gasteiger partial charge in [0.05, 0.1) is 24.8 Å². The molecule has 2 aromatic carbocycles. The van der Waals surface area contributed by atoms with Gasteiger partial charge in [0.25, 0.3) is 11.7 Å². The molecule has 2 atom stereocenters. The number of Topliss-reactive ketones (excluding diaryl/α,β-unsaturated/α-hetero) is 1. The van der Waals surface area contributed by atoms with Crippen molar-refractivity contribution in [1.29, 1.82) is 0 Å². The highest BCUT2D eigenvalue weighted by Gasteiger charge is 2.46. The fraction of sp³-hybridized carbons (Fsp3) is 0.385. The number of aliphatic hydroxyl groups excluding tert-OH is 1. The van der Waals surface area contributed by atoms with Gasteiger partial charge in [-0.25, -0.2) is 0 Å². The van der Waals surface area contributed by atoms with Crippen molar-refractivity contribution in [2.24, 2.45) is 0 Å². The summed E-state index contributed by atoms with van der Waals surface area (Å²) in [7, 11) is 0. The number of amides is 1. The predicted molar refractivity (Wildman–Crippen MR) is 128 cm³/mol. The van der Waals surface area contributed by atoms with Gasteiger partial charge in [0.2, 0.25) is 0 Å². The predicted octanol–water partition coefficient (Wildman–Crippen LogP) is 3.42. The van der Waals surface area contributed by atoms with Crippen molar-refractivity contribution < 1.29 is 24.2 Å². The average Bonchev–Trinajstić information content (AvgIpc) is 3.34. The SMILES string of the molecule is CC1Cc2cc(C(O)=C3C(=O)C(=O)N(CCN4CCOCC4)C3c3ccc(Cl)cc3)ccc2O1. The molecule has 5 rings (SSSR count). The van der Waals surface area contributed by atoms with E-state index in [0.29, 0.717) is 36.9 Å². The molecule has 0 aliphatic carbocycles. The van der Waals surface area contributed by atoms with Crippen LogP contribution in [-0.4, -0.2) is 72.1 Å². The van der Waals surface area contributed by atoms with Crippen LogP contribution in [0.2, 0.25) is 5.02 Å². The first-order chi connectivity index (χ1) is 16.4. The Morgan fingerprint density at radius 3 is 2.56 bits per heavy atom. The zero-order valence-electron chi connectivity index (χ0n) is 19.0. The van der Waals surface area contributed by atoms with Crippen LogP contribution in [0.3, 0.4) is 0 Å². The van der Waals surface area contributed by atoms with Crippen LogP contribution in [0.4, 0.5) is 0 Å². The molecule has 3 aliphatic rings. The van der Waals surface area contributed by atoms with Gasteiger partial charge in [0.1, 0.15) is 17.6 Å². The van der Waals surface area contributed by atoms with Crippen molar-refractivity contribution in [2.75, 3.05) is 39.4 Å². The lowest BCUT2D eigenvalue weighted by Gasteiger charge is -2.31. The van der Waals surface area contributed by atoms with Gasteiger partial charge in [-0.15, -0.1) is 0 Å². The van der Waals surface area contributed by atoms with Gasteiger partial charge in [-0.05, 0) is 48.4 Å². The van der Waals surface area contributed by atoms with Crippen molar-refractivity contribution >= 4 is 29.1 Å². The third kappa shape index (κ3) is 4.31. The smallest absolute Gasteiger partial charge is 0.295 e. The van der Waals surface area contributed by atoms with Crippen LogP contribution >= 0.6 is 11.6 Å². The summed E-state index contributed by atoms with van der Waals surface area (Å²) in [5.41, 5.74) is 2.30. The molecule has 2 saturated heterocycles. The molecule has 0 bridgehead atoms. The average molecular weight is 483 g/mol. The van der Waals surface area contributed by atoms with Gasteiger partial charge >= 0.3 is 0 Å². The van der Waals surface area contributed by atoms with Gasteiger partial charge < -0.3 is 19.5 Å². The number of carbonyl (C=O) groups is 2. The van der Waals surface area contributed by atoms with E-state index < -0.39 is 17.7 Å². The first-order valence-electron chi connectivity index (χ1n) is 11.6. The molecule has 2 fully saturated rings. The molecule has 1 N–H and O–H groups in total. The number of ether oxygens (including phenoxy) is 2. The van der Waals surface area contributed by atoms with E-state index in [1.54, 1.807) is 41.3 Å². The number of ketones is 1. The number of fused-ring (bicyclic) bond motifs is 1. The maximum absolute atomic E-state index is 13.2. The van der Waals surface area contributed by atoms with Crippen molar-refractivity contribution in [1.82, 2.24) is 9.80 Å². The lowest BCUT2D eigenvalue weighted by atomic mass is 9.94. The van der Waals surface area contributed by atoms with Crippen molar-refractivity contribution in [3.8, 4) is 5.75 Å². The number of rotatable bonds is 5. The molecule has 178 valence electrons. The van der Waals surface area contributed by atoms with Crippen LogP contribution in [0.15, 0.2) is 48.0 Å². The molecule has 2 aromatic rings. The molecule has 1 amide bonds. The Hall–Kier alpha value is -2.87. The molecule has 0 spiro atoms. The molecule has 0 aromatic heterocycles. The number of morpholine rings is 1. The van der Waals surface area contributed by atoms with Gasteiger partial charge in [-0.3, -0.25) is 14.5 Å². The fourth-order valence-electron chi connectivity index (χ4n) is 4.90. The molecule has 0 radical (unpaired) electrons. The lowest BCUT2D eigenvalue weighted by Crippen LogP contribution is -2.42. The third-order valence-corrected chi connectivity index (χ3v) is 6.91. The standard InChI is InChI=1S/C26H27ClN2O5/c1-16-14-19-15-18(4-7-21(19)34-16)24(30)22-23(17-2-5-20(27)6-3-17)29(26(32)25(22)31)9-8-28-10-12-33-13-11-28/h2-7,15-16,23,30H,8-14H2,1H3. The summed E-state index contributed by atoms with van der Waals surface area (Å²) in [5.74, 6) is -0.670. The fourth-order valence-corrected chi connectivity index (χ4v) is 5.03. The first-order valence-corrected chi connectivity index (χ1v) is 11.9. The van der Waals surface area contributed by atoms with Crippen LogP contribution in [0.5, 0.6) is 5.75 Å². The van der Waals surface area contributed by atoms with E-state index in [4.69, 9.17) is 21.1 Å². The van der Waals surface area contributed by atoms with E-state index in [1.807, 2.05) is 13.0 Å². The number of halogens is 1. The number of benzene rings is 2. The van der Waals surface area contributed by atoms with Gasteiger partial charge in [0.15, 0.2) is 0 Å². The zero-order chi connectivity index (χ0) is 23.8. The molecule has 3 heterocycles. The monoisotopic (exact) mass is 482 g/mol. The number of carbonyl (C=O) groups excluding carboxylic acids is 2. The lowest BCUT2D eigenvalue weighted by molar-refractivity contribution is -0.140. The van der Waals surface area contributed by atoms with Gasteiger partial charge in [-0.2, -0.15) is 0 Å². The third-order valence-electron chi connectivity index (χ3n) is 6.66. The summed E-state index contributed by atoms with van der Waals surface area (Å²) in [4.78, 5) is 30.1. The Morgan fingerprint density at radius 2 is 1.82 bits per heavy atom. The van der Waals surface area contributed by atoms with Gasteiger partial charge in [-0.1, -0.05) is 23.7 Å². The molecule has 3 aliphatic heterocycles. The van der Waals surface area contributed by atoms with Gasteiger partial charge in [0, 0.05) is 43.2 Å². The molecule has 34 heavy (non-hydrogen) atoms. The summed E-state index contributed by atoms with van der Waals surface area (Å²) in [5, 5.41) is 11.9. The molecule has 8 heteroatoms. The highest BCUT2D eigenvalue weighted by Crippen LogP contribution is 2.40. The topological polar surface area (TPSA) is 79.3 Å². The van der Waals surface area contributed by atoms with E-state index in [1.165, 1.54) is 0 Å². The molecular formula is C26H27ClN2O5. The molecule has 0 saturated carbocycles. The van der Waals surface area contributed by atoms with E-state index in [9.17, 15) is 14.7 Å². The Morgan fingerprint density at radius 1 is 1.09 bits per heavy atom. The summed E-state index contributed by atoms with van der Waals surface area (Å²) in [6.07, 6.45) is 0.789. The highest BCUT2D eigenvalue weighted by molar-refractivity contribution is 6.46. The number of hydrogen-bond donors (Lipinski definition) is 1. The number of hydrogen-bond acceptors (Lipinski definition) is 6. The Balaban J connectivity index is 1.53. The normalized spacial score (nSPS) is 24.4. The first kappa shape index (κ1) is 22.9. The van der Waals surface area contributed by atoms with Crippen molar-refractivity contribution in [3.05, 3.63) is 69.8 Å². The maximum atomic E-state index is 13.2. The minimum Gasteiger partial charge on any atom is -0.507 e. The van der Waals surface area contributed by atoms with E-state index >= 15 is 0 Å². The largest absolute Gasteiger partial charge is 0.507 e. The second-order valence-electron chi connectivity index (χ2n) is 8.95. The Kier molecular flexibility index (Phi) is 6.34. The van der Waals surface area contributed by atoms with Crippen LogP contribution in [0, 0.1) is 0 Å². The highest BCUT2D eigenvalue weighted by atomic mass is 35.5. The Labute approximate surface area is 203 Å². The molecule has 2 unspecified atom stereocenters. The van der Waals surface area contributed by atoms with E-state index in [-0.39, 0.29) is 17.4 Å². The summed E-state index contributed by atoms with van der Waals surface area (Å²) in [6.45, 7) is 5.84. The minimum absolute atomic E-state index is 0.0623. The van der Waals surface area contributed by atoms with Crippen LogP contribution < -0.4 is 4.74 Å². The molecule has 7 nitrogen and oxygen atoms in total. The number of nitrogens with zero attached hydrogens (tertiary/aromatic N) is 2. The summed E-state index contributed by atoms with van der Waals surface area (Å²) in [6, 6.07) is 11.7.